The Morgan fingerprint density at radius 2 is 1.53 bits per heavy atom. The molecule has 0 aliphatic heterocycles. The van der Waals surface area contributed by atoms with Crippen molar-refractivity contribution in [1.82, 2.24) is 0 Å². The van der Waals surface area contributed by atoms with Crippen LogP contribution in [0.5, 0.6) is 17.2 Å². The van der Waals surface area contributed by atoms with Crippen LogP contribution in [0.15, 0.2) is 12.1 Å². The first-order chi connectivity index (χ1) is 8.82. The lowest BCUT2D eigenvalue weighted by atomic mass is 10.1. The summed E-state index contributed by atoms with van der Waals surface area (Å²) in [7, 11) is 6.66. The van der Waals surface area contributed by atoms with Gasteiger partial charge in [0.1, 0.15) is 22.9 Å². The zero-order valence-electron chi connectivity index (χ0n) is 12.5. The van der Waals surface area contributed by atoms with E-state index in [-0.39, 0.29) is 0 Å². The Labute approximate surface area is 114 Å². The maximum absolute atomic E-state index is 9.93. The van der Waals surface area contributed by atoms with E-state index in [1.807, 2.05) is 11.9 Å². The third-order valence-corrected chi connectivity index (χ3v) is 2.69. The van der Waals surface area contributed by atoms with Crippen LogP contribution in [-0.4, -0.2) is 45.6 Å². The normalized spacial score (nSPS) is 11.1. The van der Waals surface area contributed by atoms with Gasteiger partial charge in [0.25, 0.3) is 0 Å². The van der Waals surface area contributed by atoms with Gasteiger partial charge >= 0.3 is 0 Å². The van der Waals surface area contributed by atoms with Gasteiger partial charge in [-0.05, 0) is 13.8 Å². The zero-order valence-corrected chi connectivity index (χ0v) is 12.5. The van der Waals surface area contributed by atoms with Crippen LogP contribution in [0.4, 0.5) is 5.69 Å². The molecule has 0 atom stereocenters. The number of hydrogen-bond acceptors (Lipinski definition) is 5. The van der Waals surface area contributed by atoms with Crippen molar-refractivity contribution < 1.29 is 19.3 Å². The largest absolute Gasteiger partial charge is 0.496 e. The van der Waals surface area contributed by atoms with Gasteiger partial charge in [0.15, 0.2) is 0 Å². The molecule has 0 unspecified atom stereocenters. The second-order valence-corrected chi connectivity index (χ2v) is 5.05. The molecule has 0 bridgehead atoms. The van der Waals surface area contributed by atoms with Crippen molar-refractivity contribution in [2.45, 2.75) is 19.4 Å². The summed E-state index contributed by atoms with van der Waals surface area (Å²) < 4.78 is 16.0. The molecular formula is C14H23NO4. The molecule has 0 aliphatic rings. The van der Waals surface area contributed by atoms with Gasteiger partial charge < -0.3 is 24.2 Å². The van der Waals surface area contributed by atoms with Gasteiger partial charge in [-0.1, -0.05) is 0 Å². The number of hydrogen-bond donors (Lipinski definition) is 1. The first-order valence-electron chi connectivity index (χ1n) is 6.06. The Morgan fingerprint density at radius 3 is 1.84 bits per heavy atom. The maximum atomic E-state index is 9.93. The maximum Gasteiger partial charge on any atom is 0.149 e. The van der Waals surface area contributed by atoms with E-state index < -0.39 is 5.60 Å². The van der Waals surface area contributed by atoms with E-state index in [2.05, 4.69) is 0 Å². The number of aliphatic hydroxyl groups is 1. The lowest BCUT2D eigenvalue weighted by Crippen LogP contribution is -2.36. The van der Waals surface area contributed by atoms with Gasteiger partial charge in [0.05, 0.1) is 26.9 Å². The third-order valence-electron chi connectivity index (χ3n) is 2.69. The molecule has 0 saturated carbocycles. The van der Waals surface area contributed by atoms with Crippen molar-refractivity contribution >= 4 is 5.69 Å². The molecule has 0 saturated heterocycles. The van der Waals surface area contributed by atoms with E-state index in [0.717, 1.165) is 5.69 Å². The highest BCUT2D eigenvalue weighted by Crippen LogP contribution is 2.41. The highest BCUT2D eigenvalue weighted by atomic mass is 16.5. The smallest absolute Gasteiger partial charge is 0.149 e. The lowest BCUT2D eigenvalue weighted by Gasteiger charge is -2.29. The van der Waals surface area contributed by atoms with E-state index in [9.17, 15) is 5.11 Å². The van der Waals surface area contributed by atoms with Crippen LogP contribution in [0.25, 0.3) is 0 Å². The lowest BCUT2D eigenvalue weighted by molar-refractivity contribution is 0.0884. The molecule has 0 aliphatic carbocycles. The summed E-state index contributed by atoms with van der Waals surface area (Å²) in [5.41, 5.74) is -0.0297. The molecule has 1 rings (SSSR count). The molecule has 0 aromatic heterocycles. The number of ether oxygens (including phenoxy) is 3. The van der Waals surface area contributed by atoms with Crippen LogP contribution in [0.3, 0.4) is 0 Å². The molecule has 0 spiro atoms. The first kappa shape index (κ1) is 15.4. The number of nitrogens with zero attached hydrogens (tertiary/aromatic N) is 1. The van der Waals surface area contributed by atoms with Crippen LogP contribution in [0, 0.1) is 0 Å². The molecule has 0 heterocycles. The minimum Gasteiger partial charge on any atom is -0.496 e. The predicted octanol–water partition coefficient (Wildman–Crippen LogP) is 1.92. The van der Waals surface area contributed by atoms with Gasteiger partial charge in [0.2, 0.25) is 0 Å². The number of methoxy groups -OCH3 is 3. The molecular weight excluding hydrogens is 246 g/mol. The standard InChI is InChI=1S/C14H23NO4/c1-14(2,16)9-15(3)13-11(18-5)7-10(17-4)8-12(13)19-6/h7-8,16H,9H2,1-6H3. The molecule has 0 amide bonds. The molecule has 1 aromatic rings. The van der Waals surface area contributed by atoms with Crippen LogP contribution in [-0.2, 0) is 0 Å². The number of anilines is 1. The fourth-order valence-electron chi connectivity index (χ4n) is 2.02. The first-order valence-corrected chi connectivity index (χ1v) is 6.06. The van der Waals surface area contributed by atoms with Crippen LogP contribution < -0.4 is 19.1 Å². The second-order valence-electron chi connectivity index (χ2n) is 5.05. The Hall–Kier alpha value is -1.62. The summed E-state index contributed by atoms with van der Waals surface area (Å²) in [4.78, 5) is 1.90. The van der Waals surface area contributed by atoms with Crippen molar-refractivity contribution in [3.05, 3.63) is 12.1 Å². The summed E-state index contributed by atoms with van der Waals surface area (Å²) in [5, 5.41) is 9.93. The third kappa shape index (κ3) is 3.92. The highest BCUT2D eigenvalue weighted by molar-refractivity contribution is 5.70. The van der Waals surface area contributed by atoms with Crippen molar-refractivity contribution in [3.8, 4) is 17.2 Å². The van der Waals surface area contributed by atoms with Crippen LogP contribution in [0.1, 0.15) is 13.8 Å². The van der Waals surface area contributed by atoms with Gasteiger partial charge in [-0.3, -0.25) is 0 Å². The number of rotatable bonds is 6. The molecule has 5 nitrogen and oxygen atoms in total. The van der Waals surface area contributed by atoms with Gasteiger partial charge in [-0.25, -0.2) is 0 Å². The fourth-order valence-corrected chi connectivity index (χ4v) is 2.02. The van der Waals surface area contributed by atoms with Crippen molar-refractivity contribution in [2.75, 3.05) is 39.8 Å². The summed E-state index contributed by atoms with van der Waals surface area (Å²) in [6, 6.07) is 3.58. The summed E-state index contributed by atoms with van der Waals surface area (Å²) in [5.74, 6) is 1.94. The number of benzene rings is 1. The Balaban J connectivity index is 3.23. The summed E-state index contributed by atoms with van der Waals surface area (Å²) >= 11 is 0. The van der Waals surface area contributed by atoms with Gasteiger partial charge in [-0.2, -0.15) is 0 Å². The fraction of sp³-hybridized carbons (Fsp3) is 0.571. The van der Waals surface area contributed by atoms with E-state index in [0.29, 0.717) is 23.8 Å². The van der Waals surface area contributed by atoms with E-state index in [4.69, 9.17) is 14.2 Å². The number of likely N-dealkylation sites (N-methyl/N-ethyl adjacent to an activating group) is 1. The van der Waals surface area contributed by atoms with E-state index in [1.54, 1.807) is 47.3 Å². The highest BCUT2D eigenvalue weighted by Gasteiger charge is 2.22. The van der Waals surface area contributed by atoms with Crippen molar-refractivity contribution in [3.63, 3.8) is 0 Å². The van der Waals surface area contributed by atoms with E-state index in [1.165, 1.54) is 0 Å². The molecule has 5 heteroatoms. The van der Waals surface area contributed by atoms with Crippen LogP contribution in [0.2, 0.25) is 0 Å². The monoisotopic (exact) mass is 269 g/mol. The summed E-state index contributed by atoms with van der Waals surface area (Å²) in [6.07, 6.45) is 0. The Kier molecular flexibility index (Phi) is 4.89. The van der Waals surface area contributed by atoms with Gasteiger partial charge in [0, 0.05) is 25.7 Å². The molecule has 0 radical (unpaired) electrons. The average molecular weight is 269 g/mol. The topological polar surface area (TPSA) is 51.2 Å². The Bertz CT molecular complexity index is 401. The molecule has 0 fully saturated rings. The SMILES string of the molecule is COc1cc(OC)c(N(C)CC(C)(C)O)c(OC)c1. The minimum absolute atomic E-state index is 0.450. The van der Waals surface area contributed by atoms with Crippen molar-refractivity contribution in [1.29, 1.82) is 0 Å². The summed E-state index contributed by atoms with van der Waals surface area (Å²) in [6.45, 7) is 3.96. The molecule has 19 heavy (non-hydrogen) atoms. The minimum atomic E-state index is -0.815. The molecule has 108 valence electrons. The van der Waals surface area contributed by atoms with Crippen LogP contribution >= 0.6 is 0 Å². The second kappa shape index (κ2) is 6.02. The molecule has 1 N–H and O–H groups in total. The van der Waals surface area contributed by atoms with Gasteiger partial charge in [-0.15, -0.1) is 0 Å². The average Bonchev–Trinajstić information content (AvgIpc) is 2.34. The van der Waals surface area contributed by atoms with Crippen molar-refractivity contribution in [2.24, 2.45) is 0 Å². The molecule has 1 aromatic carbocycles. The predicted molar refractivity (Wildman–Crippen MR) is 75.7 cm³/mol. The zero-order chi connectivity index (χ0) is 14.6. The van der Waals surface area contributed by atoms with E-state index >= 15 is 0 Å². The quantitative estimate of drug-likeness (QED) is 0.855. The Morgan fingerprint density at radius 1 is 1.05 bits per heavy atom.